The first-order valence-corrected chi connectivity index (χ1v) is 4.97. The molecule has 1 aliphatic heterocycles. The summed E-state index contributed by atoms with van der Waals surface area (Å²) in [7, 11) is 0. The Kier molecular flexibility index (Phi) is 2.65. The standard InChI is InChI=1S/C10H8N2OS/c13-7-12-9-1-2-10-8(5-9)6-11-3-4-14-10/h1-7H,(H,12,13). The maximum Gasteiger partial charge on any atom is 0.211 e. The third kappa shape index (κ3) is 1.85. The lowest BCUT2D eigenvalue weighted by atomic mass is 10.2. The van der Waals surface area contributed by atoms with Crippen molar-refractivity contribution in [1.82, 2.24) is 0 Å². The summed E-state index contributed by atoms with van der Waals surface area (Å²) in [4.78, 5) is 15.5. The highest BCUT2D eigenvalue weighted by atomic mass is 32.2. The number of anilines is 1. The maximum atomic E-state index is 10.2. The predicted octanol–water partition coefficient (Wildman–Crippen LogP) is 2.25. The zero-order valence-corrected chi connectivity index (χ0v) is 8.12. The Bertz CT molecular complexity index is 413. The number of amides is 1. The molecule has 0 saturated carbocycles. The van der Waals surface area contributed by atoms with E-state index in [1.54, 1.807) is 24.2 Å². The average molecular weight is 204 g/mol. The molecule has 4 heteroatoms. The number of carbonyl (C=O) groups is 1. The maximum absolute atomic E-state index is 10.2. The molecule has 0 unspecified atom stereocenters. The summed E-state index contributed by atoms with van der Waals surface area (Å²) in [6, 6.07) is 5.73. The van der Waals surface area contributed by atoms with E-state index < -0.39 is 0 Å². The molecule has 0 radical (unpaired) electrons. The highest BCUT2D eigenvalue weighted by molar-refractivity contribution is 8.02. The average Bonchev–Trinajstić information content (AvgIpc) is 2.42. The molecule has 1 aliphatic rings. The minimum Gasteiger partial charge on any atom is -0.329 e. The Balaban J connectivity index is 2.38. The second-order valence-electron chi connectivity index (χ2n) is 2.70. The van der Waals surface area contributed by atoms with Gasteiger partial charge in [-0.25, -0.2) is 0 Å². The summed E-state index contributed by atoms with van der Waals surface area (Å²) in [5, 5.41) is 4.53. The summed E-state index contributed by atoms with van der Waals surface area (Å²) in [6.45, 7) is 0. The Morgan fingerprint density at radius 1 is 1.43 bits per heavy atom. The van der Waals surface area contributed by atoms with Crippen LogP contribution >= 0.6 is 11.8 Å². The number of thioether (sulfide) groups is 1. The number of fused-ring (bicyclic) bond motifs is 1. The monoisotopic (exact) mass is 204 g/mol. The fourth-order valence-corrected chi connectivity index (χ4v) is 1.85. The molecule has 70 valence electrons. The molecular formula is C10H8N2OS. The van der Waals surface area contributed by atoms with Crippen LogP contribution in [0.5, 0.6) is 0 Å². The highest BCUT2D eigenvalue weighted by Gasteiger charge is 2.02. The fourth-order valence-electron chi connectivity index (χ4n) is 1.18. The normalized spacial score (nSPS) is 13.1. The SMILES string of the molecule is O=CNc1ccc2c(c1)C=NC=CS2. The number of benzene rings is 1. The second-order valence-corrected chi connectivity index (χ2v) is 3.64. The Morgan fingerprint density at radius 2 is 2.36 bits per heavy atom. The summed E-state index contributed by atoms with van der Waals surface area (Å²) in [5.41, 5.74) is 1.81. The van der Waals surface area contributed by atoms with Gasteiger partial charge < -0.3 is 5.32 Å². The highest BCUT2D eigenvalue weighted by Crippen LogP contribution is 2.26. The smallest absolute Gasteiger partial charge is 0.211 e. The van der Waals surface area contributed by atoms with E-state index in [0.717, 1.165) is 16.1 Å². The molecule has 0 fully saturated rings. The van der Waals surface area contributed by atoms with Crippen molar-refractivity contribution in [2.75, 3.05) is 5.32 Å². The van der Waals surface area contributed by atoms with Crippen LogP contribution in [0, 0.1) is 0 Å². The van der Waals surface area contributed by atoms with Gasteiger partial charge in [-0.1, -0.05) is 11.8 Å². The summed E-state index contributed by atoms with van der Waals surface area (Å²) in [5.74, 6) is 0. The van der Waals surface area contributed by atoms with Gasteiger partial charge >= 0.3 is 0 Å². The molecule has 1 aromatic rings. The Morgan fingerprint density at radius 3 is 3.21 bits per heavy atom. The van der Waals surface area contributed by atoms with Crippen LogP contribution < -0.4 is 5.32 Å². The van der Waals surface area contributed by atoms with E-state index in [0.29, 0.717) is 6.41 Å². The minimum atomic E-state index is 0.668. The van der Waals surface area contributed by atoms with Gasteiger partial charge in [0.25, 0.3) is 0 Å². The van der Waals surface area contributed by atoms with Gasteiger partial charge in [0.05, 0.1) is 0 Å². The molecule has 0 aromatic heterocycles. The molecule has 0 saturated heterocycles. The van der Waals surface area contributed by atoms with Crippen molar-refractivity contribution in [3.05, 3.63) is 35.4 Å². The lowest BCUT2D eigenvalue weighted by molar-refractivity contribution is -0.105. The third-order valence-electron chi connectivity index (χ3n) is 1.79. The van der Waals surface area contributed by atoms with E-state index in [2.05, 4.69) is 10.3 Å². The molecule has 1 heterocycles. The van der Waals surface area contributed by atoms with Crippen molar-refractivity contribution in [3.8, 4) is 0 Å². The van der Waals surface area contributed by atoms with Crippen LogP contribution in [0.2, 0.25) is 0 Å². The van der Waals surface area contributed by atoms with Crippen molar-refractivity contribution in [3.63, 3.8) is 0 Å². The zero-order valence-electron chi connectivity index (χ0n) is 7.31. The molecule has 1 aromatic carbocycles. The second kappa shape index (κ2) is 4.11. The van der Waals surface area contributed by atoms with Gasteiger partial charge in [0.1, 0.15) is 0 Å². The van der Waals surface area contributed by atoms with Crippen LogP contribution in [0.15, 0.2) is 39.7 Å². The molecule has 0 spiro atoms. The number of hydrogen-bond donors (Lipinski definition) is 1. The summed E-state index contributed by atoms with van der Waals surface area (Å²) in [6.07, 6.45) is 4.19. The Hall–Kier alpha value is -1.55. The lowest BCUT2D eigenvalue weighted by Crippen LogP contribution is -1.95. The summed E-state index contributed by atoms with van der Waals surface area (Å²) >= 11 is 1.61. The number of nitrogens with zero attached hydrogens (tertiary/aromatic N) is 1. The van der Waals surface area contributed by atoms with Crippen LogP contribution in [-0.4, -0.2) is 12.6 Å². The van der Waals surface area contributed by atoms with Crippen LogP contribution in [0.25, 0.3) is 0 Å². The molecular weight excluding hydrogens is 196 g/mol. The number of carbonyl (C=O) groups excluding carboxylic acids is 1. The quantitative estimate of drug-likeness (QED) is 0.751. The topological polar surface area (TPSA) is 41.5 Å². The molecule has 1 N–H and O–H groups in total. The van der Waals surface area contributed by atoms with Crippen molar-refractivity contribution < 1.29 is 4.79 Å². The fraction of sp³-hybridized carbons (Fsp3) is 0. The lowest BCUT2D eigenvalue weighted by Gasteiger charge is -2.03. The number of aliphatic imine (C=N–C) groups is 1. The number of rotatable bonds is 2. The zero-order chi connectivity index (χ0) is 9.80. The van der Waals surface area contributed by atoms with Crippen molar-refractivity contribution in [1.29, 1.82) is 0 Å². The van der Waals surface area contributed by atoms with Crippen molar-refractivity contribution in [2.24, 2.45) is 4.99 Å². The molecule has 1 amide bonds. The molecule has 0 aliphatic carbocycles. The van der Waals surface area contributed by atoms with E-state index in [9.17, 15) is 4.79 Å². The van der Waals surface area contributed by atoms with Gasteiger partial charge in [-0.05, 0) is 23.6 Å². The van der Waals surface area contributed by atoms with E-state index in [-0.39, 0.29) is 0 Å². The van der Waals surface area contributed by atoms with Crippen LogP contribution in [0.3, 0.4) is 0 Å². The van der Waals surface area contributed by atoms with Crippen LogP contribution in [-0.2, 0) is 4.79 Å². The van der Waals surface area contributed by atoms with E-state index >= 15 is 0 Å². The predicted molar refractivity (Wildman–Crippen MR) is 58.7 cm³/mol. The number of hydrogen-bond acceptors (Lipinski definition) is 3. The Labute approximate surface area is 85.9 Å². The molecule has 0 atom stereocenters. The first-order chi connectivity index (χ1) is 6.90. The van der Waals surface area contributed by atoms with Gasteiger partial charge in [0.15, 0.2) is 0 Å². The van der Waals surface area contributed by atoms with Crippen molar-refractivity contribution >= 4 is 30.1 Å². The third-order valence-corrected chi connectivity index (χ3v) is 2.67. The van der Waals surface area contributed by atoms with E-state index in [1.165, 1.54) is 0 Å². The van der Waals surface area contributed by atoms with Crippen LogP contribution in [0.1, 0.15) is 5.56 Å². The largest absolute Gasteiger partial charge is 0.329 e. The van der Waals surface area contributed by atoms with Crippen molar-refractivity contribution in [2.45, 2.75) is 4.90 Å². The number of nitrogens with one attached hydrogen (secondary N) is 1. The van der Waals surface area contributed by atoms with E-state index in [4.69, 9.17) is 0 Å². The van der Waals surface area contributed by atoms with Crippen LogP contribution in [0.4, 0.5) is 5.69 Å². The van der Waals surface area contributed by atoms with E-state index in [1.807, 2.05) is 23.6 Å². The first-order valence-electron chi connectivity index (χ1n) is 4.09. The molecule has 14 heavy (non-hydrogen) atoms. The van der Waals surface area contributed by atoms with Gasteiger partial charge in [0, 0.05) is 28.6 Å². The molecule has 0 bridgehead atoms. The van der Waals surface area contributed by atoms with Gasteiger partial charge in [0.2, 0.25) is 6.41 Å². The van der Waals surface area contributed by atoms with Gasteiger partial charge in [-0.2, -0.15) is 0 Å². The van der Waals surface area contributed by atoms with Gasteiger partial charge in [-0.15, -0.1) is 0 Å². The first kappa shape index (κ1) is 9.02. The summed E-state index contributed by atoms with van der Waals surface area (Å²) < 4.78 is 0. The van der Waals surface area contributed by atoms with Gasteiger partial charge in [-0.3, -0.25) is 9.79 Å². The molecule has 2 rings (SSSR count). The molecule has 3 nitrogen and oxygen atoms in total. The minimum absolute atomic E-state index is 0.668.